The molecule has 9 nitrogen and oxygen atoms in total. The number of benzene rings is 1. The van der Waals surface area contributed by atoms with Crippen molar-refractivity contribution < 1.29 is 9.53 Å². The molecule has 2 saturated heterocycles. The van der Waals surface area contributed by atoms with Gasteiger partial charge in [0.2, 0.25) is 5.91 Å². The van der Waals surface area contributed by atoms with Gasteiger partial charge in [-0.25, -0.2) is 9.97 Å². The number of ether oxygens (including phenoxy) is 1. The topological polar surface area (TPSA) is 99.3 Å². The zero-order valence-electron chi connectivity index (χ0n) is 21.0. The highest BCUT2D eigenvalue weighted by atomic mass is 32.1. The summed E-state index contributed by atoms with van der Waals surface area (Å²) < 4.78 is 5.55. The highest BCUT2D eigenvalue weighted by Crippen LogP contribution is 2.42. The number of thiophene rings is 1. The average molecular weight is 518 g/mol. The van der Waals surface area contributed by atoms with E-state index in [1.54, 1.807) is 17.7 Å². The zero-order valence-corrected chi connectivity index (χ0v) is 21.8. The van der Waals surface area contributed by atoms with Crippen LogP contribution in [0.2, 0.25) is 0 Å². The molecule has 10 heteroatoms. The number of hydrogen-bond donors (Lipinski definition) is 2. The molecule has 3 aliphatic rings. The molecule has 0 unspecified atom stereocenters. The molecule has 1 aromatic carbocycles. The molecular formula is C27H31N7O2S. The minimum atomic E-state index is 0.0238. The monoisotopic (exact) mass is 517 g/mol. The summed E-state index contributed by atoms with van der Waals surface area (Å²) in [5.74, 6) is 1.14. The number of anilines is 3. The second-order valence-corrected chi connectivity index (χ2v) is 11.5. The van der Waals surface area contributed by atoms with Crippen molar-refractivity contribution >= 4 is 55.6 Å². The molecule has 4 aromatic rings. The second-order valence-electron chi connectivity index (χ2n) is 10.4. The van der Waals surface area contributed by atoms with Crippen molar-refractivity contribution in [2.45, 2.75) is 45.1 Å². The third kappa shape index (κ3) is 4.02. The third-order valence-electron chi connectivity index (χ3n) is 8.10. The Balaban J connectivity index is 1.22. The number of carbonyl (C=O) groups excluding carboxylic acids is 1. The molecule has 2 N–H and O–H groups in total. The predicted octanol–water partition coefficient (Wildman–Crippen LogP) is 4.26. The summed E-state index contributed by atoms with van der Waals surface area (Å²) in [7, 11) is 0. The van der Waals surface area contributed by atoms with Crippen LogP contribution in [-0.4, -0.2) is 69.9 Å². The molecule has 37 heavy (non-hydrogen) atoms. The molecule has 192 valence electrons. The van der Waals surface area contributed by atoms with E-state index in [9.17, 15) is 4.79 Å². The molecule has 2 atom stereocenters. The minimum absolute atomic E-state index is 0.0238. The van der Waals surface area contributed by atoms with E-state index in [1.165, 1.54) is 29.0 Å². The lowest BCUT2D eigenvalue weighted by molar-refractivity contribution is -0.143. The van der Waals surface area contributed by atoms with Gasteiger partial charge in [-0.1, -0.05) is 0 Å². The number of amides is 1. The van der Waals surface area contributed by atoms with Gasteiger partial charge in [0, 0.05) is 35.8 Å². The number of hydrogen-bond acceptors (Lipinski definition) is 8. The van der Waals surface area contributed by atoms with E-state index in [4.69, 9.17) is 9.72 Å². The molecule has 2 aliphatic heterocycles. The smallest absolute Gasteiger partial charge is 0.226 e. The van der Waals surface area contributed by atoms with Crippen molar-refractivity contribution in [1.82, 2.24) is 25.1 Å². The van der Waals surface area contributed by atoms with Crippen LogP contribution < -0.4 is 10.2 Å². The van der Waals surface area contributed by atoms with Crippen LogP contribution >= 0.6 is 11.3 Å². The van der Waals surface area contributed by atoms with Gasteiger partial charge in [-0.3, -0.25) is 9.89 Å². The van der Waals surface area contributed by atoms with Crippen molar-refractivity contribution in [3.63, 3.8) is 0 Å². The van der Waals surface area contributed by atoms with Gasteiger partial charge in [0.1, 0.15) is 17.0 Å². The van der Waals surface area contributed by atoms with Crippen molar-refractivity contribution in [1.29, 1.82) is 0 Å². The Kier molecular flexibility index (Phi) is 5.73. The Morgan fingerprint density at radius 1 is 1.22 bits per heavy atom. The molecule has 2 fully saturated rings. The first-order chi connectivity index (χ1) is 18.2. The Morgan fingerprint density at radius 3 is 2.97 bits per heavy atom. The van der Waals surface area contributed by atoms with Gasteiger partial charge in [0.05, 0.1) is 47.7 Å². The van der Waals surface area contributed by atoms with Crippen LogP contribution in [0.1, 0.15) is 36.6 Å². The summed E-state index contributed by atoms with van der Waals surface area (Å²) in [6, 6.07) is 4.50. The number of H-pyrrole nitrogens is 1. The Morgan fingerprint density at radius 2 is 2.11 bits per heavy atom. The highest BCUT2D eigenvalue weighted by molar-refractivity contribution is 7.19. The number of carbonyl (C=O) groups is 1. The average Bonchev–Trinajstić information content (AvgIpc) is 3.67. The summed E-state index contributed by atoms with van der Waals surface area (Å²) in [6.45, 7) is 6.13. The third-order valence-corrected chi connectivity index (χ3v) is 9.26. The van der Waals surface area contributed by atoms with Crippen LogP contribution in [0.15, 0.2) is 24.7 Å². The van der Waals surface area contributed by atoms with Crippen molar-refractivity contribution in [3.8, 4) is 0 Å². The molecule has 5 heterocycles. The zero-order chi connectivity index (χ0) is 24.9. The van der Waals surface area contributed by atoms with E-state index in [0.717, 1.165) is 65.0 Å². The van der Waals surface area contributed by atoms with Crippen molar-refractivity contribution in [2.75, 3.05) is 43.1 Å². The first-order valence-corrected chi connectivity index (χ1v) is 14.1. The molecular weight excluding hydrogens is 486 g/mol. The van der Waals surface area contributed by atoms with Gasteiger partial charge in [-0.2, -0.15) is 5.10 Å². The molecule has 7 rings (SSSR count). The van der Waals surface area contributed by atoms with Crippen LogP contribution in [0.5, 0.6) is 0 Å². The predicted molar refractivity (Wildman–Crippen MR) is 146 cm³/mol. The van der Waals surface area contributed by atoms with Crippen LogP contribution in [0, 0.1) is 5.92 Å². The first-order valence-electron chi connectivity index (χ1n) is 13.3. The van der Waals surface area contributed by atoms with Gasteiger partial charge >= 0.3 is 0 Å². The van der Waals surface area contributed by atoms with Crippen molar-refractivity contribution in [2.24, 2.45) is 5.92 Å². The van der Waals surface area contributed by atoms with Crippen LogP contribution in [-0.2, 0) is 22.4 Å². The van der Waals surface area contributed by atoms with E-state index in [-0.39, 0.29) is 17.9 Å². The molecule has 0 spiro atoms. The lowest BCUT2D eigenvalue weighted by Crippen LogP contribution is -2.50. The Labute approximate surface area is 219 Å². The SMILES string of the molecule is C[C@@H]1COCCN1C(=O)[C@H]1CCc2c(sc3ncnc(Nc4cc5cn[nH]c5cc4N4CCCC4)c23)C1. The van der Waals surface area contributed by atoms with E-state index >= 15 is 0 Å². The number of aromatic nitrogens is 4. The highest BCUT2D eigenvalue weighted by Gasteiger charge is 2.34. The van der Waals surface area contributed by atoms with Gasteiger partial charge in [0.25, 0.3) is 0 Å². The second kappa shape index (κ2) is 9.25. The summed E-state index contributed by atoms with van der Waals surface area (Å²) in [5, 5.41) is 13.2. The van der Waals surface area contributed by atoms with Crippen LogP contribution in [0.4, 0.5) is 17.2 Å². The first kappa shape index (κ1) is 22.9. The molecule has 0 saturated carbocycles. The number of aromatic amines is 1. The fraction of sp³-hybridized carbons (Fsp3) is 0.481. The molecule has 1 amide bonds. The number of morpholine rings is 1. The molecule has 0 bridgehead atoms. The largest absolute Gasteiger partial charge is 0.377 e. The van der Waals surface area contributed by atoms with Gasteiger partial charge in [-0.05, 0) is 56.7 Å². The summed E-state index contributed by atoms with van der Waals surface area (Å²) in [5.41, 5.74) is 4.56. The summed E-state index contributed by atoms with van der Waals surface area (Å²) in [6.07, 6.45) is 8.43. The van der Waals surface area contributed by atoms with Gasteiger partial charge < -0.3 is 19.9 Å². The number of fused-ring (bicyclic) bond motifs is 4. The maximum atomic E-state index is 13.4. The Hall–Kier alpha value is -3.24. The maximum Gasteiger partial charge on any atom is 0.226 e. The van der Waals surface area contributed by atoms with E-state index in [0.29, 0.717) is 19.8 Å². The fourth-order valence-corrected chi connectivity index (χ4v) is 7.40. The Bertz CT molecular complexity index is 1470. The van der Waals surface area contributed by atoms with Crippen LogP contribution in [0.25, 0.3) is 21.1 Å². The number of aryl methyl sites for hydroxylation is 1. The van der Waals surface area contributed by atoms with E-state index in [1.807, 2.05) is 11.1 Å². The minimum Gasteiger partial charge on any atom is -0.377 e. The lowest BCUT2D eigenvalue weighted by Gasteiger charge is -2.36. The molecule has 1 aliphatic carbocycles. The number of nitrogens with one attached hydrogen (secondary N) is 2. The maximum absolute atomic E-state index is 13.4. The van der Waals surface area contributed by atoms with Crippen LogP contribution in [0.3, 0.4) is 0 Å². The van der Waals surface area contributed by atoms with Crippen molar-refractivity contribution in [3.05, 3.63) is 35.1 Å². The normalized spacial score (nSPS) is 22.1. The van der Waals surface area contributed by atoms with E-state index in [2.05, 4.69) is 44.5 Å². The summed E-state index contributed by atoms with van der Waals surface area (Å²) >= 11 is 1.71. The number of rotatable bonds is 4. The van der Waals surface area contributed by atoms with Gasteiger partial charge in [-0.15, -0.1) is 11.3 Å². The quantitative estimate of drug-likeness (QED) is 0.417. The standard InChI is InChI=1S/C27H31N7O2S/c1-16-14-36-9-8-34(16)27(35)17-4-5-19-23(11-17)37-26-24(19)25(28-15-29-26)31-21-10-18-13-30-32-20(18)12-22(21)33-6-2-3-7-33/h10,12-13,15-17H,2-9,11,14H2,1H3,(H,30,32)(H,28,29,31)/t16-,17+/m1/s1. The molecule has 3 aromatic heterocycles. The van der Waals surface area contributed by atoms with Gasteiger partial charge in [0.15, 0.2) is 0 Å². The lowest BCUT2D eigenvalue weighted by atomic mass is 9.86. The molecule has 0 radical (unpaired) electrons. The number of nitrogens with zero attached hydrogens (tertiary/aromatic N) is 5. The fourth-order valence-electron chi connectivity index (χ4n) is 6.13. The van der Waals surface area contributed by atoms with E-state index < -0.39 is 0 Å². The summed E-state index contributed by atoms with van der Waals surface area (Å²) in [4.78, 5) is 29.4.